The van der Waals surface area contributed by atoms with Gasteiger partial charge in [-0.05, 0) is 67.6 Å². The number of hydrogen-bond acceptors (Lipinski definition) is 0. The van der Waals surface area contributed by atoms with Crippen molar-refractivity contribution in [1.82, 2.24) is 0 Å². The maximum atomic E-state index is 2.38. The first-order valence-corrected chi connectivity index (χ1v) is 15.1. The fraction of sp³-hybridized carbons (Fsp3) is 0.226. The molecule has 0 aromatic heterocycles. The van der Waals surface area contributed by atoms with Gasteiger partial charge in [-0.25, -0.2) is 0 Å². The van der Waals surface area contributed by atoms with Gasteiger partial charge in [0.15, 0.2) is 0 Å². The van der Waals surface area contributed by atoms with Crippen molar-refractivity contribution in [3.63, 3.8) is 0 Å². The van der Waals surface area contributed by atoms with Gasteiger partial charge in [-0.2, -0.15) is 0 Å². The SMILES string of the molecule is c1ccc(P(C[C@@H]2CCCC[C@@H]2P(c2ccccc2)c2ccccc2)c2ccccc2)cc1. The fourth-order valence-electron chi connectivity index (χ4n) is 5.26. The molecule has 0 spiro atoms. The summed E-state index contributed by atoms with van der Waals surface area (Å²) in [5.74, 6) is 0.761. The van der Waals surface area contributed by atoms with Gasteiger partial charge in [-0.15, -0.1) is 0 Å². The molecule has 2 atom stereocenters. The Morgan fingerprint density at radius 2 is 0.879 bits per heavy atom. The summed E-state index contributed by atoms with van der Waals surface area (Å²) < 4.78 is 0. The van der Waals surface area contributed by atoms with Crippen LogP contribution >= 0.6 is 15.8 Å². The third kappa shape index (κ3) is 5.46. The van der Waals surface area contributed by atoms with E-state index in [0.29, 0.717) is 0 Å². The van der Waals surface area contributed by atoms with Gasteiger partial charge < -0.3 is 0 Å². The minimum absolute atomic E-state index is 0.353. The van der Waals surface area contributed by atoms with Crippen LogP contribution in [-0.4, -0.2) is 11.8 Å². The average Bonchev–Trinajstić information content (AvgIpc) is 2.90. The normalized spacial score (nSPS) is 18.5. The monoisotopic (exact) mass is 466 g/mol. The third-order valence-electron chi connectivity index (χ3n) is 6.82. The maximum absolute atomic E-state index is 2.38. The molecule has 4 aromatic rings. The van der Waals surface area contributed by atoms with Crippen molar-refractivity contribution in [3.05, 3.63) is 121 Å². The van der Waals surface area contributed by atoms with Crippen molar-refractivity contribution < 1.29 is 0 Å². The van der Waals surface area contributed by atoms with Crippen LogP contribution in [0.25, 0.3) is 0 Å². The van der Waals surface area contributed by atoms with Crippen molar-refractivity contribution in [2.45, 2.75) is 31.3 Å². The predicted octanol–water partition coefficient (Wildman–Crippen LogP) is 6.81. The van der Waals surface area contributed by atoms with Gasteiger partial charge in [0.05, 0.1) is 0 Å². The Morgan fingerprint density at radius 3 is 1.33 bits per heavy atom. The molecular formula is C31H32P2. The summed E-state index contributed by atoms with van der Waals surface area (Å²) in [7, 11) is -0.719. The smallest absolute Gasteiger partial charge is 0.00969 e. The first-order valence-electron chi connectivity index (χ1n) is 12.2. The Labute approximate surface area is 201 Å². The first-order chi connectivity index (χ1) is 16.4. The van der Waals surface area contributed by atoms with E-state index in [0.717, 1.165) is 11.6 Å². The topological polar surface area (TPSA) is 0 Å². The van der Waals surface area contributed by atoms with E-state index in [-0.39, 0.29) is 15.8 Å². The molecule has 5 rings (SSSR count). The zero-order valence-corrected chi connectivity index (χ0v) is 20.9. The van der Waals surface area contributed by atoms with Crippen LogP contribution in [0.5, 0.6) is 0 Å². The second kappa shape index (κ2) is 11.2. The first kappa shape index (κ1) is 22.5. The molecule has 0 saturated heterocycles. The highest BCUT2D eigenvalue weighted by Gasteiger charge is 2.35. The Kier molecular flexibility index (Phi) is 7.68. The quantitative estimate of drug-likeness (QED) is 0.263. The molecule has 0 amide bonds. The van der Waals surface area contributed by atoms with Gasteiger partial charge in [0, 0.05) is 0 Å². The molecule has 0 radical (unpaired) electrons. The van der Waals surface area contributed by atoms with Crippen LogP contribution in [0.3, 0.4) is 0 Å². The molecule has 0 heterocycles. The molecule has 1 fully saturated rings. The maximum Gasteiger partial charge on any atom is -0.00969 e. The van der Waals surface area contributed by atoms with Gasteiger partial charge in [0.25, 0.3) is 0 Å². The molecule has 0 aliphatic heterocycles. The van der Waals surface area contributed by atoms with Crippen LogP contribution in [0, 0.1) is 5.92 Å². The molecule has 4 aromatic carbocycles. The zero-order chi connectivity index (χ0) is 22.3. The van der Waals surface area contributed by atoms with Crippen molar-refractivity contribution >= 4 is 37.1 Å². The van der Waals surface area contributed by atoms with Crippen LogP contribution in [0.15, 0.2) is 121 Å². The Morgan fingerprint density at radius 1 is 0.485 bits per heavy atom. The number of hydrogen-bond donors (Lipinski definition) is 0. The lowest BCUT2D eigenvalue weighted by Gasteiger charge is -2.40. The molecule has 0 bridgehead atoms. The van der Waals surface area contributed by atoms with Crippen molar-refractivity contribution in [1.29, 1.82) is 0 Å². The molecular weight excluding hydrogens is 434 g/mol. The highest BCUT2D eigenvalue weighted by atomic mass is 31.1. The number of rotatable bonds is 7. The van der Waals surface area contributed by atoms with Crippen LogP contribution < -0.4 is 21.2 Å². The molecule has 1 aliphatic rings. The van der Waals surface area contributed by atoms with Gasteiger partial charge >= 0.3 is 0 Å². The largest absolute Gasteiger partial charge is 0.0622 e. The second-order valence-corrected chi connectivity index (χ2v) is 13.6. The van der Waals surface area contributed by atoms with Gasteiger partial charge in [0.1, 0.15) is 0 Å². The lowest BCUT2D eigenvalue weighted by atomic mass is 9.90. The zero-order valence-electron chi connectivity index (χ0n) is 19.1. The average molecular weight is 467 g/mol. The standard InChI is InChI=1S/C31H32P2/c1-5-16-27(17-6-1)32(28-18-7-2-8-19-28)25-26-15-13-14-24-31(26)33(29-20-9-3-10-21-29)30-22-11-4-12-23-30/h1-12,16-23,26,31H,13-15,24-25H2/t26-,31-/m0/s1. The van der Waals surface area contributed by atoms with Crippen molar-refractivity contribution in [3.8, 4) is 0 Å². The van der Waals surface area contributed by atoms with E-state index in [1.165, 1.54) is 42.5 Å². The van der Waals surface area contributed by atoms with Crippen LogP contribution in [0.1, 0.15) is 25.7 Å². The summed E-state index contributed by atoms with van der Waals surface area (Å²) in [5, 5.41) is 6.12. The highest BCUT2D eigenvalue weighted by molar-refractivity contribution is 7.74. The Hall–Kier alpha value is -2.26. The molecule has 0 nitrogen and oxygen atoms in total. The van der Waals surface area contributed by atoms with Gasteiger partial charge in [-0.1, -0.05) is 134 Å². The summed E-state index contributed by atoms with van der Waals surface area (Å²) in [6, 6.07) is 45.3. The summed E-state index contributed by atoms with van der Waals surface area (Å²) in [5.41, 5.74) is 0.746. The molecule has 1 aliphatic carbocycles. The molecule has 1 saturated carbocycles. The van der Waals surface area contributed by atoms with E-state index in [2.05, 4.69) is 121 Å². The summed E-state index contributed by atoms with van der Waals surface area (Å²) in [6.45, 7) is 0. The summed E-state index contributed by atoms with van der Waals surface area (Å²) in [4.78, 5) is 0. The van der Waals surface area contributed by atoms with Crippen LogP contribution in [0.4, 0.5) is 0 Å². The van der Waals surface area contributed by atoms with E-state index in [1.807, 2.05) is 0 Å². The Bertz CT molecular complexity index is 1020. The van der Waals surface area contributed by atoms with Gasteiger partial charge in [0.2, 0.25) is 0 Å². The molecule has 166 valence electrons. The molecule has 2 heteroatoms. The number of benzene rings is 4. The van der Waals surface area contributed by atoms with E-state index < -0.39 is 0 Å². The van der Waals surface area contributed by atoms with Crippen LogP contribution in [-0.2, 0) is 0 Å². The van der Waals surface area contributed by atoms with Crippen molar-refractivity contribution in [2.75, 3.05) is 6.16 Å². The molecule has 0 unspecified atom stereocenters. The minimum atomic E-state index is -0.366. The fourth-order valence-corrected chi connectivity index (χ4v) is 11.3. The lowest BCUT2D eigenvalue weighted by Crippen LogP contribution is -2.34. The third-order valence-corrected chi connectivity index (χ3v) is 12.6. The summed E-state index contributed by atoms with van der Waals surface area (Å²) in [6.07, 6.45) is 6.76. The highest BCUT2D eigenvalue weighted by Crippen LogP contribution is 2.52. The van der Waals surface area contributed by atoms with E-state index in [1.54, 1.807) is 10.6 Å². The molecule has 0 N–H and O–H groups in total. The van der Waals surface area contributed by atoms with Crippen molar-refractivity contribution in [2.24, 2.45) is 5.92 Å². The lowest BCUT2D eigenvalue weighted by molar-refractivity contribution is 0.399. The minimum Gasteiger partial charge on any atom is -0.0622 e. The Balaban J connectivity index is 1.52. The van der Waals surface area contributed by atoms with E-state index in [4.69, 9.17) is 0 Å². The predicted molar refractivity (Wildman–Crippen MR) is 149 cm³/mol. The van der Waals surface area contributed by atoms with Crippen LogP contribution in [0.2, 0.25) is 0 Å². The summed E-state index contributed by atoms with van der Waals surface area (Å²) >= 11 is 0. The second-order valence-electron chi connectivity index (χ2n) is 8.93. The molecule has 33 heavy (non-hydrogen) atoms. The van der Waals surface area contributed by atoms with E-state index >= 15 is 0 Å². The van der Waals surface area contributed by atoms with E-state index in [9.17, 15) is 0 Å². The van der Waals surface area contributed by atoms with Gasteiger partial charge in [-0.3, -0.25) is 0 Å².